The van der Waals surface area contributed by atoms with Crippen LogP contribution in [-0.2, 0) is 11.3 Å². The molecule has 0 saturated carbocycles. The van der Waals surface area contributed by atoms with Crippen molar-refractivity contribution in [3.63, 3.8) is 0 Å². The predicted octanol–water partition coefficient (Wildman–Crippen LogP) is 2.26. The first-order chi connectivity index (χ1) is 7.87. The third kappa shape index (κ3) is 2.60. The van der Waals surface area contributed by atoms with Crippen molar-refractivity contribution in [2.75, 3.05) is 6.54 Å². The topological polar surface area (TPSA) is 58.2 Å². The Morgan fingerprint density at radius 1 is 1.59 bits per heavy atom. The minimum absolute atomic E-state index is 0.260. The van der Waals surface area contributed by atoms with E-state index >= 15 is 0 Å². The summed E-state index contributed by atoms with van der Waals surface area (Å²) in [7, 11) is 0. The van der Waals surface area contributed by atoms with E-state index in [-0.39, 0.29) is 6.09 Å². The second-order valence-corrected chi connectivity index (χ2v) is 5.57. The Bertz CT molecular complexity index is 420. The predicted molar refractivity (Wildman–Crippen MR) is 63.6 cm³/mol. The normalized spacial score (nSPS) is 20.0. The van der Waals surface area contributed by atoms with Crippen molar-refractivity contribution in [2.24, 2.45) is 0 Å². The van der Waals surface area contributed by atoms with Crippen LogP contribution in [-0.4, -0.2) is 33.3 Å². The first-order valence-corrected chi connectivity index (χ1v) is 5.87. The van der Waals surface area contributed by atoms with E-state index in [4.69, 9.17) is 4.74 Å². The molecule has 0 fully saturated rings. The van der Waals surface area contributed by atoms with E-state index in [1.807, 2.05) is 27.0 Å². The molecule has 0 spiro atoms. The minimum Gasteiger partial charge on any atom is -0.444 e. The van der Waals surface area contributed by atoms with Crippen LogP contribution in [0.25, 0.3) is 0 Å². The number of hydrogen-bond donors (Lipinski definition) is 1. The lowest BCUT2D eigenvalue weighted by Gasteiger charge is -2.32. The molecule has 1 aromatic heterocycles. The SMILES string of the molecule is CC1CN(C(=O)OC(C)(C)C)Cc2[nH]ncc21. The highest BCUT2D eigenvalue weighted by atomic mass is 16.6. The summed E-state index contributed by atoms with van der Waals surface area (Å²) in [6.07, 6.45) is 1.58. The monoisotopic (exact) mass is 237 g/mol. The number of carbonyl (C=O) groups is 1. The number of aromatic amines is 1. The van der Waals surface area contributed by atoms with Crippen LogP contribution in [0.4, 0.5) is 4.79 Å². The van der Waals surface area contributed by atoms with Crippen molar-refractivity contribution in [2.45, 2.75) is 45.8 Å². The number of carbonyl (C=O) groups excluding carboxylic acids is 1. The fourth-order valence-electron chi connectivity index (χ4n) is 2.02. The number of aromatic nitrogens is 2. The summed E-state index contributed by atoms with van der Waals surface area (Å²) in [5.41, 5.74) is 1.76. The fraction of sp³-hybridized carbons (Fsp3) is 0.667. The summed E-state index contributed by atoms with van der Waals surface area (Å²) in [4.78, 5) is 13.7. The number of fused-ring (bicyclic) bond motifs is 1. The van der Waals surface area contributed by atoms with Crippen LogP contribution in [0.15, 0.2) is 6.20 Å². The molecule has 1 aliphatic heterocycles. The third-order valence-corrected chi connectivity index (χ3v) is 2.78. The molecule has 1 atom stereocenters. The first kappa shape index (κ1) is 12.0. The zero-order chi connectivity index (χ0) is 12.6. The molecule has 0 aliphatic carbocycles. The molecule has 0 aromatic carbocycles. The fourth-order valence-corrected chi connectivity index (χ4v) is 2.02. The number of amides is 1. The number of rotatable bonds is 0. The van der Waals surface area contributed by atoms with Gasteiger partial charge in [0.25, 0.3) is 0 Å². The zero-order valence-corrected chi connectivity index (χ0v) is 10.8. The Kier molecular flexibility index (Phi) is 2.85. The molecule has 1 unspecified atom stereocenters. The third-order valence-electron chi connectivity index (χ3n) is 2.78. The number of hydrogen-bond acceptors (Lipinski definition) is 3. The van der Waals surface area contributed by atoms with E-state index in [9.17, 15) is 4.79 Å². The Morgan fingerprint density at radius 3 is 2.94 bits per heavy atom. The summed E-state index contributed by atoms with van der Waals surface area (Å²) < 4.78 is 5.37. The molecule has 1 N–H and O–H groups in total. The summed E-state index contributed by atoms with van der Waals surface area (Å²) >= 11 is 0. The number of nitrogens with zero attached hydrogens (tertiary/aromatic N) is 2. The quantitative estimate of drug-likeness (QED) is 0.753. The maximum absolute atomic E-state index is 12.0. The highest BCUT2D eigenvalue weighted by Crippen LogP contribution is 2.27. The minimum atomic E-state index is -0.450. The van der Waals surface area contributed by atoms with Crippen LogP contribution >= 0.6 is 0 Å². The van der Waals surface area contributed by atoms with Crippen LogP contribution in [0.1, 0.15) is 44.9 Å². The highest BCUT2D eigenvalue weighted by Gasteiger charge is 2.29. The van der Waals surface area contributed by atoms with E-state index in [1.165, 1.54) is 5.56 Å². The van der Waals surface area contributed by atoms with Crippen LogP contribution < -0.4 is 0 Å². The van der Waals surface area contributed by atoms with Gasteiger partial charge in [0, 0.05) is 12.5 Å². The lowest BCUT2D eigenvalue weighted by molar-refractivity contribution is 0.0206. The van der Waals surface area contributed by atoms with Gasteiger partial charge in [-0.25, -0.2) is 4.79 Å². The van der Waals surface area contributed by atoms with Gasteiger partial charge in [-0.05, 0) is 26.3 Å². The molecular weight excluding hydrogens is 218 g/mol. The van der Waals surface area contributed by atoms with E-state index in [2.05, 4.69) is 17.1 Å². The average Bonchev–Trinajstić information content (AvgIpc) is 2.63. The van der Waals surface area contributed by atoms with Crippen LogP contribution in [0.2, 0.25) is 0 Å². The molecule has 5 nitrogen and oxygen atoms in total. The molecule has 17 heavy (non-hydrogen) atoms. The van der Waals surface area contributed by atoms with Crippen molar-refractivity contribution in [3.8, 4) is 0 Å². The van der Waals surface area contributed by atoms with Crippen molar-refractivity contribution >= 4 is 6.09 Å². The smallest absolute Gasteiger partial charge is 0.410 e. The zero-order valence-electron chi connectivity index (χ0n) is 10.8. The molecule has 1 amide bonds. The van der Waals surface area contributed by atoms with Gasteiger partial charge >= 0.3 is 6.09 Å². The van der Waals surface area contributed by atoms with Gasteiger partial charge in [0.2, 0.25) is 0 Å². The van der Waals surface area contributed by atoms with Crippen molar-refractivity contribution in [1.82, 2.24) is 15.1 Å². The lowest BCUT2D eigenvalue weighted by atomic mass is 9.97. The molecule has 2 heterocycles. The van der Waals surface area contributed by atoms with E-state index < -0.39 is 5.60 Å². The summed E-state index contributed by atoms with van der Waals surface area (Å²) in [5.74, 6) is 0.296. The molecule has 1 aliphatic rings. The van der Waals surface area contributed by atoms with Crippen molar-refractivity contribution in [1.29, 1.82) is 0 Å². The van der Waals surface area contributed by atoms with Crippen molar-refractivity contribution in [3.05, 3.63) is 17.5 Å². The maximum atomic E-state index is 12.0. The molecule has 94 valence electrons. The van der Waals surface area contributed by atoms with Gasteiger partial charge < -0.3 is 9.64 Å². The molecule has 0 bridgehead atoms. The van der Waals surface area contributed by atoms with E-state index in [0.29, 0.717) is 19.0 Å². The lowest BCUT2D eigenvalue weighted by Crippen LogP contribution is -2.40. The van der Waals surface area contributed by atoms with Crippen molar-refractivity contribution < 1.29 is 9.53 Å². The summed E-state index contributed by atoms with van der Waals surface area (Å²) in [6, 6.07) is 0. The largest absolute Gasteiger partial charge is 0.444 e. The summed E-state index contributed by atoms with van der Waals surface area (Å²) in [5, 5.41) is 6.96. The van der Waals surface area contributed by atoms with E-state index in [0.717, 1.165) is 5.69 Å². The Balaban J connectivity index is 2.09. The molecule has 5 heteroatoms. The van der Waals surface area contributed by atoms with Crippen LogP contribution in [0, 0.1) is 0 Å². The Morgan fingerprint density at radius 2 is 2.29 bits per heavy atom. The average molecular weight is 237 g/mol. The molecule has 1 aromatic rings. The van der Waals surface area contributed by atoms with Gasteiger partial charge in [-0.2, -0.15) is 5.10 Å². The van der Waals surface area contributed by atoms with Gasteiger partial charge in [-0.1, -0.05) is 6.92 Å². The van der Waals surface area contributed by atoms with Gasteiger partial charge in [-0.15, -0.1) is 0 Å². The van der Waals surface area contributed by atoms with Crippen LogP contribution in [0.3, 0.4) is 0 Å². The number of ether oxygens (including phenoxy) is 1. The van der Waals surface area contributed by atoms with Gasteiger partial charge in [-0.3, -0.25) is 5.10 Å². The number of H-pyrrole nitrogens is 1. The Labute approximate surface area is 101 Å². The molecular formula is C12H19N3O2. The molecule has 2 rings (SSSR count). The second-order valence-electron chi connectivity index (χ2n) is 5.57. The highest BCUT2D eigenvalue weighted by molar-refractivity contribution is 5.68. The molecule has 0 radical (unpaired) electrons. The van der Waals surface area contributed by atoms with Gasteiger partial charge in [0.15, 0.2) is 0 Å². The van der Waals surface area contributed by atoms with Gasteiger partial charge in [0.1, 0.15) is 5.60 Å². The standard InChI is InChI=1S/C12H19N3O2/c1-8-6-15(11(16)17-12(2,3)4)7-10-9(8)5-13-14-10/h5,8H,6-7H2,1-4H3,(H,13,14). The molecule has 0 saturated heterocycles. The van der Waals surface area contributed by atoms with Gasteiger partial charge in [0.05, 0.1) is 18.4 Å². The summed E-state index contributed by atoms with van der Waals surface area (Å²) in [6.45, 7) is 8.95. The van der Waals surface area contributed by atoms with Crippen LogP contribution in [0.5, 0.6) is 0 Å². The second kappa shape index (κ2) is 4.05. The number of nitrogens with one attached hydrogen (secondary N) is 1. The first-order valence-electron chi connectivity index (χ1n) is 5.87. The Hall–Kier alpha value is -1.52. The maximum Gasteiger partial charge on any atom is 0.410 e. The van der Waals surface area contributed by atoms with E-state index in [1.54, 1.807) is 4.90 Å².